The van der Waals surface area contributed by atoms with Gasteiger partial charge in [0.2, 0.25) is 0 Å². The highest BCUT2D eigenvalue weighted by Gasteiger charge is 2.21. The number of rotatable bonds is 0. The number of H-pyrrole nitrogens is 1. The van der Waals surface area contributed by atoms with Gasteiger partial charge in [0.05, 0.1) is 11.7 Å². The van der Waals surface area contributed by atoms with Gasteiger partial charge in [0, 0.05) is 9.86 Å². The number of fused-ring (bicyclic) bond motifs is 2. The Bertz CT molecular complexity index is 516. The molecular weight excluding hydrogens is 252 g/mol. The Morgan fingerprint density at radius 3 is 3.27 bits per heavy atom. The van der Waals surface area contributed by atoms with E-state index < -0.39 is 0 Å². The van der Waals surface area contributed by atoms with Gasteiger partial charge >= 0.3 is 0 Å². The van der Waals surface area contributed by atoms with Crippen molar-refractivity contribution in [1.29, 1.82) is 0 Å². The van der Waals surface area contributed by atoms with Crippen molar-refractivity contribution < 1.29 is 0 Å². The summed E-state index contributed by atoms with van der Waals surface area (Å²) in [7, 11) is 0. The van der Waals surface area contributed by atoms with E-state index >= 15 is 0 Å². The number of hydrogen-bond donors (Lipinski definition) is 1. The van der Waals surface area contributed by atoms with Crippen LogP contribution in [0, 0.1) is 0 Å². The fourth-order valence-corrected chi connectivity index (χ4v) is 3.56. The zero-order valence-corrected chi connectivity index (χ0v) is 10.3. The molecule has 3 rings (SSSR count). The SMILES string of the molecule is C[C@H]1CCCc2cc3[nH]ncc3c(Br)c21. The zero-order valence-electron chi connectivity index (χ0n) is 8.68. The molecule has 0 amide bonds. The molecule has 2 nitrogen and oxygen atoms in total. The van der Waals surface area contributed by atoms with Crippen molar-refractivity contribution in [3.05, 3.63) is 27.9 Å². The molecule has 1 heterocycles. The maximum Gasteiger partial charge on any atom is 0.0664 e. The van der Waals surface area contributed by atoms with Gasteiger partial charge in [-0.3, -0.25) is 5.10 Å². The lowest BCUT2D eigenvalue weighted by molar-refractivity contribution is 0.589. The smallest absolute Gasteiger partial charge is 0.0664 e. The lowest BCUT2D eigenvalue weighted by atomic mass is 9.83. The molecule has 1 aromatic heterocycles. The molecule has 0 radical (unpaired) electrons. The molecule has 15 heavy (non-hydrogen) atoms. The average Bonchev–Trinajstić information content (AvgIpc) is 2.66. The summed E-state index contributed by atoms with van der Waals surface area (Å²) in [6, 6.07) is 2.26. The Labute approximate surface area is 97.2 Å². The van der Waals surface area contributed by atoms with Gasteiger partial charge < -0.3 is 0 Å². The minimum Gasteiger partial charge on any atom is -0.278 e. The third kappa shape index (κ3) is 1.33. The number of halogens is 1. The van der Waals surface area contributed by atoms with Crippen molar-refractivity contribution in [2.45, 2.75) is 32.1 Å². The third-order valence-electron chi connectivity index (χ3n) is 3.38. The van der Waals surface area contributed by atoms with Gasteiger partial charge in [-0.2, -0.15) is 5.10 Å². The van der Waals surface area contributed by atoms with Gasteiger partial charge in [0.15, 0.2) is 0 Å². The second-order valence-corrected chi connectivity index (χ2v) is 5.18. The molecule has 1 aromatic carbocycles. The van der Waals surface area contributed by atoms with E-state index in [9.17, 15) is 0 Å². The maximum absolute atomic E-state index is 4.10. The fourth-order valence-electron chi connectivity index (χ4n) is 2.60. The molecule has 0 unspecified atom stereocenters. The van der Waals surface area contributed by atoms with Crippen LogP contribution < -0.4 is 0 Å². The minimum absolute atomic E-state index is 0.669. The van der Waals surface area contributed by atoms with E-state index in [2.05, 4.69) is 39.1 Å². The summed E-state index contributed by atoms with van der Waals surface area (Å²) in [5, 5.41) is 8.36. The quantitative estimate of drug-likeness (QED) is 0.771. The molecule has 1 atom stereocenters. The summed E-state index contributed by atoms with van der Waals surface area (Å²) in [4.78, 5) is 0. The third-order valence-corrected chi connectivity index (χ3v) is 4.24. The predicted octanol–water partition coefficient (Wildman–Crippen LogP) is 3.77. The maximum atomic E-state index is 4.10. The molecule has 78 valence electrons. The Morgan fingerprint density at radius 2 is 2.40 bits per heavy atom. The normalized spacial score (nSPS) is 20.5. The molecule has 0 fully saturated rings. The van der Waals surface area contributed by atoms with E-state index in [0.29, 0.717) is 5.92 Å². The van der Waals surface area contributed by atoms with Gasteiger partial charge in [0.1, 0.15) is 0 Å². The predicted molar refractivity (Wildman–Crippen MR) is 65.1 cm³/mol. The molecule has 1 aliphatic rings. The van der Waals surface area contributed by atoms with Crippen LogP contribution in [-0.4, -0.2) is 10.2 Å². The summed E-state index contributed by atoms with van der Waals surface area (Å²) < 4.78 is 1.25. The van der Waals surface area contributed by atoms with Crippen LogP contribution in [0.25, 0.3) is 10.9 Å². The molecular formula is C12H13BrN2. The molecule has 0 saturated carbocycles. The van der Waals surface area contributed by atoms with Crippen LogP contribution in [0.5, 0.6) is 0 Å². The summed E-state index contributed by atoms with van der Waals surface area (Å²) >= 11 is 3.73. The molecule has 3 heteroatoms. The number of hydrogen-bond acceptors (Lipinski definition) is 1. The summed E-state index contributed by atoms with van der Waals surface area (Å²) in [5.41, 5.74) is 4.13. The Balaban J connectivity index is 2.36. The number of aryl methyl sites for hydroxylation is 1. The summed E-state index contributed by atoms with van der Waals surface area (Å²) in [6.45, 7) is 2.31. The largest absolute Gasteiger partial charge is 0.278 e. The van der Waals surface area contributed by atoms with Crippen LogP contribution in [0.4, 0.5) is 0 Å². The van der Waals surface area contributed by atoms with Crippen molar-refractivity contribution >= 4 is 26.8 Å². The lowest BCUT2D eigenvalue weighted by Gasteiger charge is -2.23. The second kappa shape index (κ2) is 3.34. The highest BCUT2D eigenvalue weighted by atomic mass is 79.9. The lowest BCUT2D eigenvalue weighted by Crippen LogP contribution is -2.07. The molecule has 0 spiro atoms. The van der Waals surface area contributed by atoms with Gasteiger partial charge in [-0.05, 0) is 58.3 Å². The van der Waals surface area contributed by atoms with E-state index in [1.165, 1.54) is 40.2 Å². The number of aromatic amines is 1. The molecule has 0 bridgehead atoms. The second-order valence-electron chi connectivity index (χ2n) is 4.39. The van der Waals surface area contributed by atoms with Crippen molar-refractivity contribution in [2.24, 2.45) is 0 Å². The highest BCUT2D eigenvalue weighted by molar-refractivity contribution is 9.10. The molecule has 1 aliphatic carbocycles. The van der Waals surface area contributed by atoms with E-state index in [1.807, 2.05) is 6.20 Å². The summed E-state index contributed by atoms with van der Waals surface area (Å²) in [6.07, 6.45) is 5.71. The monoisotopic (exact) mass is 264 g/mol. The Kier molecular flexibility index (Phi) is 2.09. The molecule has 1 N–H and O–H groups in total. The first-order valence-corrected chi connectivity index (χ1v) is 6.21. The first-order valence-electron chi connectivity index (χ1n) is 5.41. The Hall–Kier alpha value is -0.830. The van der Waals surface area contributed by atoms with Gasteiger partial charge in [-0.25, -0.2) is 0 Å². The van der Waals surface area contributed by atoms with Crippen LogP contribution in [0.2, 0.25) is 0 Å². The highest BCUT2D eigenvalue weighted by Crippen LogP contribution is 2.39. The topological polar surface area (TPSA) is 28.7 Å². The van der Waals surface area contributed by atoms with E-state index in [4.69, 9.17) is 0 Å². The van der Waals surface area contributed by atoms with Gasteiger partial charge in [0.25, 0.3) is 0 Å². The van der Waals surface area contributed by atoms with E-state index in [-0.39, 0.29) is 0 Å². The van der Waals surface area contributed by atoms with Gasteiger partial charge in [-0.1, -0.05) is 6.92 Å². The van der Waals surface area contributed by atoms with Crippen LogP contribution >= 0.6 is 15.9 Å². The van der Waals surface area contributed by atoms with Crippen LogP contribution in [0.1, 0.15) is 36.8 Å². The van der Waals surface area contributed by atoms with Crippen LogP contribution in [0.15, 0.2) is 16.7 Å². The number of aromatic nitrogens is 2. The number of nitrogens with zero attached hydrogens (tertiary/aromatic N) is 1. The van der Waals surface area contributed by atoms with Gasteiger partial charge in [-0.15, -0.1) is 0 Å². The fraction of sp³-hybridized carbons (Fsp3) is 0.417. The molecule has 2 aromatic rings. The van der Waals surface area contributed by atoms with Crippen LogP contribution in [-0.2, 0) is 6.42 Å². The first-order chi connectivity index (χ1) is 7.27. The van der Waals surface area contributed by atoms with E-state index in [0.717, 1.165) is 5.52 Å². The minimum atomic E-state index is 0.669. The van der Waals surface area contributed by atoms with Crippen molar-refractivity contribution in [2.75, 3.05) is 0 Å². The van der Waals surface area contributed by atoms with Crippen molar-refractivity contribution in [3.63, 3.8) is 0 Å². The van der Waals surface area contributed by atoms with Crippen molar-refractivity contribution in [1.82, 2.24) is 10.2 Å². The number of nitrogens with one attached hydrogen (secondary N) is 1. The average molecular weight is 265 g/mol. The zero-order chi connectivity index (χ0) is 10.4. The first kappa shape index (κ1) is 9.40. The van der Waals surface area contributed by atoms with E-state index in [1.54, 1.807) is 0 Å². The molecule has 0 saturated heterocycles. The number of benzene rings is 1. The Morgan fingerprint density at radius 1 is 1.53 bits per heavy atom. The standard InChI is InChI=1S/C12H13BrN2/c1-7-3-2-4-8-5-10-9(6-14-15-10)12(13)11(7)8/h5-7H,2-4H2,1H3,(H,14,15)/t7-/m0/s1. The van der Waals surface area contributed by atoms with Crippen molar-refractivity contribution in [3.8, 4) is 0 Å². The summed E-state index contributed by atoms with van der Waals surface area (Å²) in [5.74, 6) is 0.669. The van der Waals surface area contributed by atoms with Crippen LogP contribution in [0.3, 0.4) is 0 Å². The molecule has 0 aliphatic heterocycles.